The second-order valence-electron chi connectivity index (χ2n) is 14.8. The fraction of sp³-hybridized carbons (Fsp3) is 0.737. The van der Waals surface area contributed by atoms with Crippen LogP contribution in [0.2, 0.25) is 0 Å². The minimum atomic E-state index is -0.650. The number of aliphatic hydroxyl groups excluding tert-OH is 2. The van der Waals surface area contributed by atoms with Crippen molar-refractivity contribution in [1.82, 2.24) is 4.98 Å². The molecule has 5 rings (SSSR count). The summed E-state index contributed by atoms with van der Waals surface area (Å²) < 4.78 is 12.5. The molecule has 44 heavy (non-hydrogen) atoms. The number of ether oxygens (including phenoxy) is 1. The molecule has 4 aliphatic rings. The van der Waals surface area contributed by atoms with Gasteiger partial charge in [0.05, 0.1) is 23.8 Å². The van der Waals surface area contributed by atoms with Crippen LogP contribution in [0.5, 0.6) is 0 Å². The first-order chi connectivity index (χ1) is 21.1. The quantitative estimate of drug-likeness (QED) is 0.219. The Morgan fingerprint density at radius 2 is 1.98 bits per heavy atom. The van der Waals surface area contributed by atoms with Crippen LogP contribution in [-0.2, 0) is 21.4 Å². The average molecular weight is 608 g/mol. The van der Waals surface area contributed by atoms with E-state index in [1.54, 1.807) is 0 Å². The fourth-order valence-electron chi connectivity index (χ4n) is 8.98. The lowest BCUT2D eigenvalue weighted by molar-refractivity contribution is -0.152. The predicted molar refractivity (Wildman–Crippen MR) is 174 cm³/mol. The van der Waals surface area contributed by atoms with Gasteiger partial charge in [-0.2, -0.15) is 0 Å². The molecule has 1 aromatic rings. The van der Waals surface area contributed by atoms with Crippen LogP contribution in [0.15, 0.2) is 46.1 Å². The molecule has 4 fully saturated rings. The first-order valence-corrected chi connectivity index (χ1v) is 17.7. The second kappa shape index (κ2) is 14.1. The number of aromatic nitrogens is 1. The summed E-state index contributed by atoms with van der Waals surface area (Å²) in [5.74, 6) is 3.34. The van der Waals surface area contributed by atoms with Crippen LogP contribution >= 0.6 is 0 Å². The number of rotatable bonds is 13. The highest BCUT2D eigenvalue weighted by Crippen LogP contribution is 2.60. The zero-order valence-corrected chi connectivity index (χ0v) is 27.8. The van der Waals surface area contributed by atoms with E-state index >= 15 is 0 Å². The van der Waals surface area contributed by atoms with Crippen LogP contribution in [-0.4, -0.2) is 39.5 Å². The molecule has 0 saturated heterocycles. The third-order valence-corrected chi connectivity index (χ3v) is 11.8. The van der Waals surface area contributed by atoms with Crippen LogP contribution in [0.25, 0.3) is 0 Å². The van der Waals surface area contributed by atoms with Crippen molar-refractivity contribution in [3.8, 4) is 0 Å². The van der Waals surface area contributed by atoms with Gasteiger partial charge in [-0.1, -0.05) is 58.4 Å². The van der Waals surface area contributed by atoms with Gasteiger partial charge in [0, 0.05) is 19.3 Å². The standard InChI is InChI=1S/C38H57NO5/c1-6-8-12-30-24-39-36(43-30)38(20-21-38)34(44-35(42)10-7-2)18-13-25(3)31-16-17-32-27(11-9-19-37(31,32)5)14-15-28-22-29(40)23-33(41)26(28)4/h14-15,24-25,29,31-34,40-41H,4,6-13,16-23H2,1-3,5H3/b27-14+,28-15-/t25-,29-,31-,32+,33+,34+,37-/m1/s1. The molecule has 0 spiro atoms. The van der Waals surface area contributed by atoms with Crippen molar-refractivity contribution in [2.24, 2.45) is 23.2 Å². The topological polar surface area (TPSA) is 92.8 Å². The Hall–Kier alpha value is -2.18. The Balaban J connectivity index is 1.28. The number of hydrogen-bond donors (Lipinski definition) is 2. The van der Waals surface area contributed by atoms with Gasteiger partial charge in [0.15, 0.2) is 0 Å². The molecule has 0 bridgehead atoms. The summed E-state index contributed by atoms with van der Waals surface area (Å²) in [6, 6.07) is 0. The zero-order valence-electron chi connectivity index (χ0n) is 27.8. The summed E-state index contributed by atoms with van der Waals surface area (Å²) in [5.41, 5.74) is 3.25. The van der Waals surface area contributed by atoms with Crippen LogP contribution in [0.1, 0.15) is 136 Å². The van der Waals surface area contributed by atoms with Gasteiger partial charge in [-0.05, 0) is 111 Å². The van der Waals surface area contributed by atoms with Gasteiger partial charge >= 0.3 is 5.97 Å². The molecule has 4 saturated carbocycles. The van der Waals surface area contributed by atoms with Crippen LogP contribution < -0.4 is 0 Å². The molecule has 7 atom stereocenters. The molecule has 1 heterocycles. The largest absolute Gasteiger partial charge is 0.461 e. The normalized spacial score (nSPS) is 32.9. The Morgan fingerprint density at radius 3 is 2.70 bits per heavy atom. The summed E-state index contributed by atoms with van der Waals surface area (Å²) in [6.45, 7) is 13.3. The summed E-state index contributed by atoms with van der Waals surface area (Å²) in [5, 5.41) is 20.5. The number of unbranched alkanes of at least 4 members (excludes halogenated alkanes) is 1. The van der Waals surface area contributed by atoms with Gasteiger partial charge in [0.1, 0.15) is 11.9 Å². The zero-order chi connectivity index (χ0) is 31.5. The monoisotopic (exact) mass is 607 g/mol. The highest BCUT2D eigenvalue weighted by molar-refractivity contribution is 5.69. The highest BCUT2D eigenvalue weighted by Gasteiger charge is 2.57. The van der Waals surface area contributed by atoms with Crippen molar-refractivity contribution in [2.75, 3.05) is 0 Å². The summed E-state index contributed by atoms with van der Waals surface area (Å²) in [7, 11) is 0. The second-order valence-corrected chi connectivity index (χ2v) is 14.8. The van der Waals surface area contributed by atoms with Crippen LogP contribution in [0, 0.1) is 23.2 Å². The molecule has 0 unspecified atom stereocenters. The van der Waals surface area contributed by atoms with Gasteiger partial charge < -0.3 is 19.4 Å². The maximum Gasteiger partial charge on any atom is 0.306 e. The highest BCUT2D eigenvalue weighted by atomic mass is 16.5. The Bertz CT molecular complexity index is 1220. The molecule has 6 heteroatoms. The van der Waals surface area contributed by atoms with E-state index in [-0.39, 0.29) is 22.9 Å². The lowest BCUT2D eigenvalue weighted by atomic mass is 9.60. The number of fused-ring (bicyclic) bond motifs is 1. The van der Waals surface area contributed by atoms with Crippen molar-refractivity contribution in [3.63, 3.8) is 0 Å². The minimum Gasteiger partial charge on any atom is -0.461 e. The third kappa shape index (κ3) is 6.97. The Morgan fingerprint density at radius 1 is 1.18 bits per heavy atom. The minimum absolute atomic E-state index is 0.0982. The van der Waals surface area contributed by atoms with Crippen molar-refractivity contribution in [1.29, 1.82) is 0 Å². The number of carbonyl (C=O) groups excluding carboxylic acids is 1. The van der Waals surface area contributed by atoms with Crippen molar-refractivity contribution in [2.45, 2.75) is 154 Å². The van der Waals surface area contributed by atoms with E-state index in [0.29, 0.717) is 37.0 Å². The molecule has 244 valence electrons. The van der Waals surface area contributed by atoms with Crippen molar-refractivity contribution < 1.29 is 24.2 Å². The number of aliphatic hydroxyl groups is 2. The number of nitrogens with zero attached hydrogens (tertiary/aromatic N) is 1. The summed E-state index contributed by atoms with van der Waals surface area (Å²) in [6.07, 6.45) is 20.1. The van der Waals surface area contributed by atoms with Crippen molar-refractivity contribution >= 4 is 5.97 Å². The van der Waals surface area contributed by atoms with Gasteiger partial charge in [-0.25, -0.2) is 4.98 Å². The van der Waals surface area contributed by atoms with Gasteiger partial charge in [0.25, 0.3) is 0 Å². The van der Waals surface area contributed by atoms with E-state index in [9.17, 15) is 15.0 Å². The van der Waals surface area contributed by atoms with E-state index in [0.717, 1.165) is 80.6 Å². The van der Waals surface area contributed by atoms with E-state index in [1.165, 1.54) is 31.3 Å². The molecule has 4 aliphatic carbocycles. The summed E-state index contributed by atoms with van der Waals surface area (Å²) >= 11 is 0. The molecule has 2 N–H and O–H groups in total. The number of carbonyl (C=O) groups is 1. The fourth-order valence-corrected chi connectivity index (χ4v) is 8.98. The summed E-state index contributed by atoms with van der Waals surface area (Å²) in [4.78, 5) is 17.5. The SMILES string of the molecule is C=C1/C(=C\C=C2/CCC[C@]3(C)[C@@H]([C@H](C)CC[C@H](OC(=O)CCC)C4(c5ncc(CCCC)o5)CC4)CC[C@@H]23)C[C@@H](O)C[C@@H]1O. The Kier molecular flexibility index (Phi) is 10.6. The maximum absolute atomic E-state index is 12.8. The third-order valence-electron chi connectivity index (χ3n) is 11.8. The molecular formula is C38H57NO5. The van der Waals surface area contributed by atoms with Gasteiger partial charge in [-0.3, -0.25) is 4.79 Å². The molecule has 0 radical (unpaired) electrons. The van der Waals surface area contributed by atoms with E-state index < -0.39 is 12.2 Å². The Labute approximate surface area is 265 Å². The molecule has 0 amide bonds. The van der Waals surface area contributed by atoms with Crippen LogP contribution in [0.3, 0.4) is 0 Å². The number of esters is 1. The first kappa shape index (κ1) is 33.2. The van der Waals surface area contributed by atoms with E-state index in [1.807, 2.05) is 13.1 Å². The number of oxazole rings is 1. The average Bonchev–Trinajstić information content (AvgIpc) is 3.51. The van der Waals surface area contributed by atoms with E-state index in [4.69, 9.17) is 14.1 Å². The molecular weight excluding hydrogens is 550 g/mol. The molecule has 6 nitrogen and oxygen atoms in total. The van der Waals surface area contributed by atoms with Gasteiger partial charge in [-0.15, -0.1) is 0 Å². The molecule has 0 aliphatic heterocycles. The number of allylic oxidation sites excluding steroid dienone is 3. The maximum atomic E-state index is 12.8. The van der Waals surface area contributed by atoms with E-state index in [2.05, 4.69) is 39.5 Å². The number of aryl methyl sites for hydroxylation is 1. The van der Waals surface area contributed by atoms with Gasteiger partial charge in [0.2, 0.25) is 5.89 Å². The van der Waals surface area contributed by atoms with Crippen LogP contribution in [0.4, 0.5) is 0 Å². The predicted octanol–water partition coefficient (Wildman–Crippen LogP) is 8.32. The smallest absolute Gasteiger partial charge is 0.306 e. The molecule has 0 aromatic carbocycles. The van der Waals surface area contributed by atoms with Crippen molar-refractivity contribution in [3.05, 3.63) is 53.3 Å². The number of hydrogen-bond acceptors (Lipinski definition) is 6. The first-order valence-electron chi connectivity index (χ1n) is 17.7. The molecule has 1 aromatic heterocycles. The lowest BCUT2D eigenvalue weighted by Crippen LogP contribution is -2.37. The lowest BCUT2D eigenvalue weighted by Gasteiger charge is -2.44.